The number of halogens is 1. The van der Waals surface area contributed by atoms with E-state index in [9.17, 15) is 9.18 Å². The molecule has 2 aromatic rings. The second-order valence-electron chi connectivity index (χ2n) is 4.75. The normalized spacial score (nSPS) is 11.8. The first-order chi connectivity index (χ1) is 8.43. The number of nitrogens with one attached hydrogen (secondary N) is 2. The first kappa shape index (κ1) is 12.5. The maximum atomic E-state index is 13.4. The molecular weight excluding hydrogens is 237 g/mol. The highest BCUT2D eigenvalue weighted by Crippen LogP contribution is 2.18. The van der Waals surface area contributed by atoms with Gasteiger partial charge in [-0.05, 0) is 26.0 Å². The molecule has 1 aromatic heterocycles. The highest BCUT2D eigenvalue weighted by molar-refractivity contribution is 6.05. The molecule has 18 heavy (non-hydrogen) atoms. The Kier molecular flexibility index (Phi) is 3.04. The zero-order valence-electron chi connectivity index (χ0n) is 10.1. The topological polar surface area (TPSA) is 78.0 Å². The van der Waals surface area contributed by atoms with Crippen molar-refractivity contribution < 1.29 is 14.3 Å². The number of rotatable bonds is 3. The van der Waals surface area contributed by atoms with Gasteiger partial charge in [0.2, 0.25) is 0 Å². The number of aliphatic hydroxyl groups is 1. The second kappa shape index (κ2) is 4.38. The van der Waals surface area contributed by atoms with Crippen LogP contribution in [0.4, 0.5) is 4.39 Å². The van der Waals surface area contributed by atoms with Crippen molar-refractivity contribution >= 4 is 16.9 Å². The largest absolute Gasteiger partial charge is 0.394 e. The third-order valence-electron chi connectivity index (χ3n) is 2.58. The fourth-order valence-electron chi connectivity index (χ4n) is 1.60. The minimum atomic E-state index is -0.772. The predicted molar refractivity (Wildman–Crippen MR) is 64.7 cm³/mol. The van der Waals surface area contributed by atoms with E-state index in [-0.39, 0.29) is 12.2 Å². The maximum Gasteiger partial charge on any atom is 0.254 e. The van der Waals surface area contributed by atoms with Gasteiger partial charge in [-0.3, -0.25) is 4.79 Å². The molecule has 1 amide bonds. The summed E-state index contributed by atoms with van der Waals surface area (Å²) >= 11 is 0. The Morgan fingerprint density at radius 1 is 1.56 bits per heavy atom. The summed E-state index contributed by atoms with van der Waals surface area (Å²) in [7, 11) is 0. The fraction of sp³-hybridized carbons (Fsp3) is 0.333. The standard InChI is InChI=1S/C12H14FN3O2/c1-12(2,5-17)16-11(18)8-3-7(13)4-9-10(8)15-6-14-9/h3-4,6,17H,5H2,1-2H3,(H,14,15)(H,16,18). The molecule has 0 saturated heterocycles. The van der Waals surface area contributed by atoms with E-state index in [4.69, 9.17) is 5.11 Å². The van der Waals surface area contributed by atoms with Gasteiger partial charge in [-0.15, -0.1) is 0 Å². The molecule has 0 spiro atoms. The Morgan fingerprint density at radius 2 is 2.28 bits per heavy atom. The number of aromatic amines is 1. The Morgan fingerprint density at radius 3 is 2.94 bits per heavy atom. The molecule has 1 aromatic carbocycles. The smallest absolute Gasteiger partial charge is 0.254 e. The molecular formula is C12H14FN3O2. The Balaban J connectivity index is 2.41. The van der Waals surface area contributed by atoms with Gasteiger partial charge in [-0.1, -0.05) is 0 Å². The van der Waals surface area contributed by atoms with Crippen LogP contribution < -0.4 is 5.32 Å². The van der Waals surface area contributed by atoms with Gasteiger partial charge in [-0.2, -0.15) is 0 Å². The molecule has 96 valence electrons. The number of imidazole rings is 1. The average molecular weight is 251 g/mol. The molecule has 3 N–H and O–H groups in total. The van der Waals surface area contributed by atoms with Crippen LogP contribution in [0.25, 0.3) is 11.0 Å². The highest BCUT2D eigenvalue weighted by atomic mass is 19.1. The quantitative estimate of drug-likeness (QED) is 0.767. The third-order valence-corrected chi connectivity index (χ3v) is 2.58. The number of fused-ring (bicyclic) bond motifs is 1. The van der Waals surface area contributed by atoms with Gasteiger partial charge in [0.05, 0.1) is 29.6 Å². The number of amides is 1. The van der Waals surface area contributed by atoms with Crippen LogP contribution in [0.15, 0.2) is 18.5 Å². The number of benzene rings is 1. The molecule has 5 nitrogen and oxygen atoms in total. The summed E-state index contributed by atoms with van der Waals surface area (Å²) in [5, 5.41) is 11.7. The minimum absolute atomic E-state index is 0.146. The molecule has 2 rings (SSSR count). The molecule has 0 saturated carbocycles. The van der Waals surface area contributed by atoms with Crippen molar-refractivity contribution in [1.29, 1.82) is 0 Å². The van der Waals surface area contributed by atoms with E-state index < -0.39 is 17.3 Å². The summed E-state index contributed by atoms with van der Waals surface area (Å²) < 4.78 is 13.4. The number of carbonyl (C=O) groups is 1. The Labute approximate surface area is 103 Å². The van der Waals surface area contributed by atoms with Gasteiger partial charge in [0.15, 0.2) is 0 Å². The van der Waals surface area contributed by atoms with Crippen LogP contribution >= 0.6 is 0 Å². The molecule has 0 aliphatic carbocycles. The second-order valence-corrected chi connectivity index (χ2v) is 4.75. The number of nitrogens with zero attached hydrogens (tertiary/aromatic N) is 1. The van der Waals surface area contributed by atoms with Gasteiger partial charge >= 0.3 is 0 Å². The lowest BCUT2D eigenvalue weighted by atomic mass is 10.1. The monoisotopic (exact) mass is 251 g/mol. The minimum Gasteiger partial charge on any atom is -0.394 e. The van der Waals surface area contributed by atoms with Crippen LogP contribution in [0.2, 0.25) is 0 Å². The maximum absolute atomic E-state index is 13.4. The van der Waals surface area contributed by atoms with E-state index in [0.29, 0.717) is 11.0 Å². The first-order valence-corrected chi connectivity index (χ1v) is 5.49. The van der Waals surface area contributed by atoms with Crippen LogP contribution in [0.1, 0.15) is 24.2 Å². The summed E-state index contributed by atoms with van der Waals surface area (Å²) in [6, 6.07) is 2.41. The molecule has 0 aliphatic rings. The molecule has 0 atom stereocenters. The van der Waals surface area contributed by atoms with E-state index in [2.05, 4.69) is 15.3 Å². The molecule has 0 fully saturated rings. The van der Waals surface area contributed by atoms with E-state index in [1.54, 1.807) is 13.8 Å². The summed E-state index contributed by atoms with van der Waals surface area (Å²) in [5.74, 6) is -0.982. The van der Waals surface area contributed by atoms with Crippen LogP contribution in [0.5, 0.6) is 0 Å². The summed E-state index contributed by atoms with van der Waals surface area (Å²) in [6.07, 6.45) is 1.40. The van der Waals surface area contributed by atoms with Gasteiger partial charge in [0.25, 0.3) is 5.91 Å². The molecule has 0 unspecified atom stereocenters. The molecule has 6 heteroatoms. The van der Waals surface area contributed by atoms with Crippen LogP contribution in [0, 0.1) is 5.82 Å². The van der Waals surface area contributed by atoms with Crippen LogP contribution in [0.3, 0.4) is 0 Å². The van der Waals surface area contributed by atoms with E-state index in [0.717, 1.165) is 6.07 Å². The van der Waals surface area contributed by atoms with E-state index in [1.807, 2.05) is 0 Å². The van der Waals surface area contributed by atoms with E-state index in [1.165, 1.54) is 12.4 Å². The zero-order chi connectivity index (χ0) is 13.3. The fourth-order valence-corrected chi connectivity index (χ4v) is 1.60. The van der Waals surface area contributed by atoms with Crippen molar-refractivity contribution in [2.45, 2.75) is 19.4 Å². The lowest BCUT2D eigenvalue weighted by Crippen LogP contribution is -2.46. The number of hydrogen-bond donors (Lipinski definition) is 3. The molecule has 0 bridgehead atoms. The number of aromatic nitrogens is 2. The number of aliphatic hydroxyl groups excluding tert-OH is 1. The summed E-state index contributed by atoms with van der Waals surface area (Å²) in [6.45, 7) is 3.13. The van der Waals surface area contributed by atoms with E-state index >= 15 is 0 Å². The molecule has 0 radical (unpaired) electrons. The van der Waals surface area contributed by atoms with Crippen molar-refractivity contribution in [3.63, 3.8) is 0 Å². The SMILES string of the molecule is CC(C)(CO)NC(=O)c1cc(F)cc2[nH]cnc12. The Hall–Kier alpha value is -1.95. The molecule has 0 aliphatic heterocycles. The van der Waals surface area contributed by atoms with Gasteiger partial charge in [0, 0.05) is 0 Å². The lowest BCUT2D eigenvalue weighted by molar-refractivity contribution is 0.0870. The van der Waals surface area contributed by atoms with Gasteiger partial charge in [-0.25, -0.2) is 9.37 Å². The highest BCUT2D eigenvalue weighted by Gasteiger charge is 2.22. The van der Waals surface area contributed by atoms with Crippen LogP contribution in [-0.4, -0.2) is 33.1 Å². The number of H-pyrrole nitrogens is 1. The Bertz CT molecular complexity index is 592. The summed E-state index contributed by atoms with van der Waals surface area (Å²) in [5.41, 5.74) is 0.240. The zero-order valence-corrected chi connectivity index (χ0v) is 10.1. The number of hydrogen-bond acceptors (Lipinski definition) is 3. The van der Waals surface area contributed by atoms with Crippen molar-refractivity contribution in [3.05, 3.63) is 29.8 Å². The molecule has 1 heterocycles. The summed E-state index contributed by atoms with van der Waals surface area (Å²) in [4.78, 5) is 18.8. The third kappa shape index (κ3) is 2.33. The van der Waals surface area contributed by atoms with Gasteiger partial charge in [0.1, 0.15) is 11.3 Å². The average Bonchev–Trinajstić information content (AvgIpc) is 2.75. The van der Waals surface area contributed by atoms with Crippen molar-refractivity contribution in [2.24, 2.45) is 0 Å². The first-order valence-electron chi connectivity index (χ1n) is 5.49. The lowest BCUT2D eigenvalue weighted by Gasteiger charge is -2.23. The van der Waals surface area contributed by atoms with Crippen molar-refractivity contribution in [1.82, 2.24) is 15.3 Å². The van der Waals surface area contributed by atoms with Crippen molar-refractivity contribution in [2.75, 3.05) is 6.61 Å². The van der Waals surface area contributed by atoms with Gasteiger partial charge < -0.3 is 15.4 Å². The predicted octanol–water partition coefficient (Wildman–Crippen LogP) is 1.20. The van der Waals surface area contributed by atoms with Crippen LogP contribution in [-0.2, 0) is 0 Å². The number of carbonyl (C=O) groups excluding carboxylic acids is 1. The van der Waals surface area contributed by atoms with Crippen molar-refractivity contribution in [3.8, 4) is 0 Å².